The lowest BCUT2D eigenvalue weighted by Gasteiger charge is -2.35. The van der Waals surface area contributed by atoms with Gasteiger partial charge in [0.25, 0.3) is 0 Å². The first kappa shape index (κ1) is 24.7. The molecular formula is C20H22F2N6O6S. The van der Waals surface area contributed by atoms with Crippen LogP contribution in [-0.2, 0) is 10.4 Å². The molecule has 2 amide bonds. The first-order valence-corrected chi connectivity index (χ1v) is 11.9. The largest absolute Gasteiger partial charge is 0.394 e. The van der Waals surface area contributed by atoms with Crippen LogP contribution in [0.25, 0.3) is 5.65 Å². The van der Waals surface area contributed by atoms with Crippen LogP contribution < -0.4 is 10.2 Å². The topological polar surface area (TPSA) is 161 Å². The minimum Gasteiger partial charge on any atom is -0.389 e. The van der Waals surface area contributed by atoms with Gasteiger partial charge in [0.2, 0.25) is 0 Å². The fourth-order valence-corrected chi connectivity index (χ4v) is 4.06. The number of carbonyl (C=O) groups is 1. The zero-order chi connectivity index (χ0) is 25.3. The van der Waals surface area contributed by atoms with E-state index in [-0.39, 0.29) is 12.1 Å². The van der Waals surface area contributed by atoms with Crippen molar-refractivity contribution in [1.82, 2.24) is 19.5 Å². The third kappa shape index (κ3) is 5.82. The zero-order valence-electron chi connectivity index (χ0n) is 18.1. The number of aliphatic hydroxyl groups is 1. The molecule has 0 spiro atoms. The van der Waals surface area contributed by atoms with Crippen molar-refractivity contribution in [2.45, 2.75) is 25.0 Å². The molecule has 2 aliphatic rings. The van der Waals surface area contributed by atoms with Gasteiger partial charge in [-0.25, -0.2) is 23.1 Å². The molecule has 0 saturated carbocycles. The molecule has 188 valence electrons. The summed E-state index contributed by atoms with van der Waals surface area (Å²) in [6, 6.07) is 4.62. The van der Waals surface area contributed by atoms with E-state index in [1.54, 1.807) is 12.3 Å². The molecule has 15 heteroatoms. The Morgan fingerprint density at radius 2 is 1.89 bits per heavy atom. The monoisotopic (exact) mass is 512 g/mol. The van der Waals surface area contributed by atoms with Crippen LogP contribution in [0.3, 0.4) is 0 Å². The van der Waals surface area contributed by atoms with Gasteiger partial charge >= 0.3 is 16.4 Å². The summed E-state index contributed by atoms with van der Waals surface area (Å²) >= 11 is 0. The van der Waals surface area contributed by atoms with Crippen molar-refractivity contribution in [2.24, 2.45) is 0 Å². The van der Waals surface area contributed by atoms with Gasteiger partial charge in [-0.05, 0) is 37.1 Å². The van der Waals surface area contributed by atoms with E-state index in [2.05, 4.69) is 15.4 Å². The number of benzene rings is 1. The lowest BCUT2D eigenvalue weighted by molar-refractivity contribution is 0.0309. The zero-order valence-corrected chi connectivity index (χ0v) is 18.9. The molecule has 2 saturated heterocycles. The van der Waals surface area contributed by atoms with Gasteiger partial charge in [0.05, 0.1) is 31.4 Å². The summed E-state index contributed by atoms with van der Waals surface area (Å²) < 4.78 is 61.2. The number of nitrogens with one attached hydrogen (secondary N) is 1. The molecule has 1 atom stereocenters. The molecule has 0 aliphatic carbocycles. The van der Waals surface area contributed by atoms with Crippen molar-refractivity contribution in [3.8, 4) is 0 Å². The van der Waals surface area contributed by atoms with Gasteiger partial charge < -0.3 is 20.2 Å². The van der Waals surface area contributed by atoms with Gasteiger partial charge in [-0.1, -0.05) is 0 Å². The highest BCUT2D eigenvalue weighted by Gasteiger charge is 2.31. The Morgan fingerprint density at radius 3 is 2.57 bits per heavy atom. The Balaban J connectivity index is 0.000000527. The van der Waals surface area contributed by atoms with Gasteiger partial charge in [0.1, 0.15) is 23.1 Å². The molecule has 0 unspecified atom stereocenters. The van der Waals surface area contributed by atoms with Crippen LogP contribution >= 0.6 is 0 Å². The minimum absolute atomic E-state index is 0.290. The molecule has 5 rings (SSSR count). The van der Waals surface area contributed by atoms with Gasteiger partial charge in [-0.15, -0.1) is 0 Å². The standard InChI is InChI=1S/C20H20F2N6O2.H2O4S/c21-12-3-4-15(22)14(8-12)17-2-1-6-27(17)18-5-7-28-19(25-18)16(9-23-28)24-20(30)26-10-13(29)11-26;1-5(2,3)4/h3-5,7-9,13,17,29H,1-2,6,10-11H2,(H,24,30);(H2,1,2,3,4)/t17-;/m1./s1. The molecule has 2 aromatic heterocycles. The summed E-state index contributed by atoms with van der Waals surface area (Å²) in [4.78, 5) is 20.4. The first-order chi connectivity index (χ1) is 16.5. The molecule has 3 aromatic rings. The van der Waals surface area contributed by atoms with Crippen molar-refractivity contribution in [1.29, 1.82) is 0 Å². The molecule has 4 heterocycles. The predicted molar refractivity (Wildman–Crippen MR) is 119 cm³/mol. The number of anilines is 2. The molecule has 1 aromatic carbocycles. The molecule has 12 nitrogen and oxygen atoms in total. The third-order valence-corrected chi connectivity index (χ3v) is 5.61. The Morgan fingerprint density at radius 1 is 1.17 bits per heavy atom. The fourth-order valence-electron chi connectivity index (χ4n) is 4.06. The van der Waals surface area contributed by atoms with E-state index >= 15 is 0 Å². The lowest BCUT2D eigenvalue weighted by Crippen LogP contribution is -2.54. The lowest BCUT2D eigenvalue weighted by atomic mass is 10.0. The summed E-state index contributed by atoms with van der Waals surface area (Å²) in [5, 5.41) is 16.3. The van der Waals surface area contributed by atoms with Crippen LogP contribution in [0, 0.1) is 11.6 Å². The number of urea groups is 1. The van der Waals surface area contributed by atoms with Gasteiger partial charge in [0.15, 0.2) is 5.65 Å². The number of fused-ring (bicyclic) bond motifs is 1. The second-order valence-corrected chi connectivity index (χ2v) is 8.96. The van der Waals surface area contributed by atoms with Crippen molar-refractivity contribution >= 4 is 33.6 Å². The Hall–Kier alpha value is -3.40. The second kappa shape index (κ2) is 9.69. The molecule has 0 bridgehead atoms. The number of halogens is 2. The van der Waals surface area contributed by atoms with Crippen molar-refractivity contribution in [3.63, 3.8) is 0 Å². The number of hydrogen-bond acceptors (Lipinski definition) is 7. The smallest absolute Gasteiger partial charge is 0.389 e. The number of aliphatic hydroxyl groups excluding tert-OH is 1. The highest BCUT2D eigenvalue weighted by molar-refractivity contribution is 7.79. The number of rotatable bonds is 3. The van der Waals surface area contributed by atoms with Crippen LogP contribution in [-0.4, -0.2) is 73.9 Å². The van der Waals surface area contributed by atoms with E-state index in [0.717, 1.165) is 18.6 Å². The van der Waals surface area contributed by atoms with Crippen LogP contribution in [0.15, 0.2) is 36.7 Å². The molecule has 0 radical (unpaired) electrons. The minimum atomic E-state index is -4.67. The van der Waals surface area contributed by atoms with Gasteiger partial charge in [0, 0.05) is 18.3 Å². The molecule has 2 fully saturated rings. The predicted octanol–water partition coefficient (Wildman–Crippen LogP) is 1.90. The Kier molecular flexibility index (Phi) is 6.84. The number of carbonyl (C=O) groups excluding carboxylic acids is 1. The summed E-state index contributed by atoms with van der Waals surface area (Å²) in [6.07, 6.45) is 4.26. The van der Waals surface area contributed by atoms with Crippen LogP contribution in [0.4, 0.5) is 25.1 Å². The van der Waals surface area contributed by atoms with Gasteiger partial charge in [-0.3, -0.25) is 9.11 Å². The highest BCUT2D eigenvalue weighted by atomic mass is 32.3. The van der Waals surface area contributed by atoms with Crippen molar-refractivity contribution < 1.29 is 36.2 Å². The van der Waals surface area contributed by atoms with E-state index in [4.69, 9.17) is 17.5 Å². The Bertz CT molecular complexity index is 1340. The van der Waals surface area contributed by atoms with Crippen molar-refractivity contribution in [2.75, 3.05) is 29.9 Å². The van der Waals surface area contributed by atoms with Crippen LogP contribution in [0.5, 0.6) is 0 Å². The quantitative estimate of drug-likeness (QED) is 0.384. The summed E-state index contributed by atoms with van der Waals surface area (Å²) in [6.45, 7) is 1.24. The maximum Gasteiger partial charge on any atom is 0.394 e. The second-order valence-electron chi connectivity index (χ2n) is 8.07. The number of nitrogens with zero attached hydrogens (tertiary/aromatic N) is 5. The summed E-state index contributed by atoms with van der Waals surface area (Å²) in [7, 11) is -4.67. The SMILES string of the molecule is O=C(Nc1cnn2ccc(N3CCC[C@@H]3c3cc(F)ccc3F)nc12)N1CC(O)C1.O=S(=O)(O)O. The first-order valence-electron chi connectivity index (χ1n) is 10.5. The highest BCUT2D eigenvalue weighted by Crippen LogP contribution is 2.37. The van der Waals surface area contributed by atoms with E-state index < -0.39 is 28.1 Å². The maximum atomic E-state index is 14.4. The average Bonchev–Trinajstić information content (AvgIpc) is 3.39. The van der Waals surface area contributed by atoms with E-state index in [9.17, 15) is 18.7 Å². The molecule has 2 aliphatic heterocycles. The summed E-state index contributed by atoms with van der Waals surface area (Å²) in [5.41, 5.74) is 1.20. The number of likely N-dealkylation sites (tertiary alicyclic amines) is 1. The van der Waals surface area contributed by atoms with Crippen LogP contribution in [0.2, 0.25) is 0 Å². The fraction of sp³-hybridized carbons (Fsp3) is 0.350. The van der Waals surface area contributed by atoms with E-state index in [0.29, 0.717) is 48.8 Å². The molecule has 35 heavy (non-hydrogen) atoms. The molecule has 4 N–H and O–H groups in total. The number of hydrogen-bond donors (Lipinski definition) is 4. The molecular weight excluding hydrogens is 490 g/mol. The number of aromatic nitrogens is 3. The van der Waals surface area contributed by atoms with E-state index in [1.165, 1.54) is 21.7 Å². The number of β-amino-alcohol motifs (C(OH)–C–C–N with tert-alkyl or cyclic N) is 1. The van der Waals surface area contributed by atoms with Crippen molar-refractivity contribution in [3.05, 3.63) is 53.9 Å². The van der Waals surface area contributed by atoms with Crippen LogP contribution in [0.1, 0.15) is 24.4 Å². The number of amides is 2. The average molecular weight is 512 g/mol. The Labute approximate surface area is 198 Å². The van der Waals surface area contributed by atoms with E-state index in [1.807, 2.05) is 4.90 Å². The normalized spacial score (nSPS) is 18.3. The third-order valence-electron chi connectivity index (χ3n) is 5.61. The maximum absolute atomic E-state index is 14.4. The summed E-state index contributed by atoms with van der Waals surface area (Å²) in [5.74, 6) is -0.314. The van der Waals surface area contributed by atoms with Gasteiger partial charge in [-0.2, -0.15) is 13.5 Å².